The first-order chi connectivity index (χ1) is 8.61. The number of carbonyl (C=O) groups is 1. The molecule has 10 heteroatoms. The fourth-order valence-corrected chi connectivity index (χ4v) is 1.33. The Morgan fingerprint density at radius 1 is 1.47 bits per heavy atom. The minimum Gasteiger partial charge on any atom is -0.481 e. The van der Waals surface area contributed by atoms with Crippen LogP contribution in [0.25, 0.3) is 0 Å². The van der Waals surface area contributed by atoms with Crippen molar-refractivity contribution in [2.45, 2.75) is 19.2 Å². The average molecular weight is 286 g/mol. The number of alkyl halides is 5. The van der Waals surface area contributed by atoms with Crippen LogP contribution >= 0.6 is 0 Å². The van der Waals surface area contributed by atoms with E-state index >= 15 is 0 Å². The van der Waals surface area contributed by atoms with E-state index in [1.807, 2.05) is 0 Å². The third-order valence-electron chi connectivity index (χ3n) is 1.96. The molecule has 5 nitrogen and oxygen atoms in total. The molecule has 0 spiro atoms. The third-order valence-corrected chi connectivity index (χ3v) is 1.96. The molecule has 0 saturated carbocycles. The van der Waals surface area contributed by atoms with Gasteiger partial charge in [0.15, 0.2) is 11.6 Å². The number of carboxylic acids is 1. The van der Waals surface area contributed by atoms with Gasteiger partial charge in [0.2, 0.25) is 0 Å². The molecule has 0 fully saturated rings. The number of ether oxygens (including phenoxy) is 1. The van der Waals surface area contributed by atoms with Crippen LogP contribution in [0.4, 0.5) is 27.8 Å². The Labute approximate surface area is 102 Å². The molecule has 1 aromatic rings. The second kappa shape index (κ2) is 5.24. The molecule has 0 aromatic carbocycles. The number of carboxylic acid groups (broad SMARTS) is 1. The number of aromatic nitrogens is 1. The zero-order valence-corrected chi connectivity index (χ0v) is 9.04. The molecule has 0 radical (unpaired) electrons. The van der Waals surface area contributed by atoms with Gasteiger partial charge in [0, 0.05) is 6.20 Å². The highest BCUT2D eigenvalue weighted by atomic mass is 19.4. The summed E-state index contributed by atoms with van der Waals surface area (Å²) in [5, 5.41) is 8.50. The smallest absolute Gasteiger partial charge is 0.481 e. The van der Waals surface area contributed by atoms with Crippen LogP contribution in [0.2, 0.25) is 0 Å². The summed E-state index contributed by atoms with van der Waals surface area (Å²) >= 11 is 0. The second-order valence-corrected chi connectivity index (χ2v) is 3.33. The summed E-state index contributed by atoms with van der Waals surface area (Å²) in [6, 6.07) is 0. The average Bonchev–Trinajstić information content (AvgIpc) is 2.19. The number of halogens is 5. The molecule has 0 aliphatic rings. The van der Waals surface area contributed by atoms with Gasteiger partial charge in [0.05, 0.1) is 12.0 Å². The van der Waals surface area contributed by atoms with Crippen LogP contribution in [0, 0.1) is 0 Å². The maximum atomic E-state index is 12.8. The minimum atomic E-state index is -5.25. The van der Waals surface area contributed by atoms with Crippen molar-refractivity contribution in [3.05, 3.63) is 17.3 Å². The van der Waals surface area contributed by atoms with Crippen molar-refractivity contribution in [3.63, 3.8) is 0 Å². The van der Waals surface area contributed by atoms with Gasteiger partial charge < -0.3 is 15.6 Å². The molecule has 0 aliphatic heterocycles. The zero-order chi connectivity index (χ0) is 14.8. The fraction of sp³-hybridized carbons (Fsp3) is 0.333. The topological polar surface area (TPSA) is 85.4 Å². The summed E-state index contributed by atoms with van der Waals surface area (Å²) in [6.45, 7) is 0. The quantitative estimate of drug-likeness (QED) is 0.828. The molecule has 106 valence electrons. The molecule has 0 bridgehead atoms. The number of nitrogens with zero attached hydrogens (tertiary/aromatic N) is 1. The summed E-state index contributed by atoms with van der Waals surface area (Å²) in [4.78, 5) is 13.7. The van der Waals surface area contributed by atoms with Crippen LogP contribution in [0.15, 0.2) is 6.20 Å². The van der Waals surface area contributed by atoms with Crippen molar-refractivity contribution in [3.8, 4) is 5.75 Å². The van der Waals surface area contributed by atoms with E-state index in [2.05, 4.69) is 9.72 Å². The lowest BCUT2D eigenvalue weighted by Crippen LogP contribution is -2.20. The molecular formula is C9H7F5N2O3. The van der Waals surface area contributed by atoms with Gasteiger partial charge >= 0.3 is 12.3 Å². The largest absolute Gasteiger partial charge is 0.573 e. The SMILES string of the molecule is Nc1ncc(CC(=O)O)c(C(F)F)c1OC(F)(F)F. The number of hydrogen-bond donors (Lipinski definition) is 2. The van der Waals surface area contributed by atoms with Crippen LogP contribution < -0.4 is 10.5 Å². The number of nitrogen functional groups attached to an aromatic ring is 1. The van der Waals surface area contributed by atoms with Crippen molar-refractivity contribution in [1.29, 1.82) is 0 Å². The van der Waals surface area contributed by atoms with Gasteiger partial charge in [-0.25, -0.2) is 13.8 Å². The van der Waals surface area contributed by atoms with Crippen molar-refractivity contribution < 1.29 is 36.6 Å². The lowest BCUT2D eigenvalue weighted by molar-refractivity contribution is -0.275. The van der Waals surface area contributed by atoms with Gasteiger partial charge in [-0.2, -0.15) is 0 Å². The summed E-state index contributed by atoms with van der Waals surface area (Å²) in [5.41, 5.74) is 3.22. The van der Waals surface area contributed by atoms with Gasteiger partial charge in [0.1, 0.15) is 0 Å². The summed E-state index contributed by atoms with van der Waals surface area (Å²) in [7, 11) is 0. The maximum Gasteiger partial charge on any atom is 0.573 e. The number of nitrogens with two attached hydrogens (primary N) is 1. The van der Waals surface area contributed by atoms with E-state index in [0.717, 1.165) is 0 Å². The Hall–Kier alpha value is -2.13. The fourth-order valence-electron chi connectivity index (χ4n) is 1.33. The normalized spacial score (nSPS) is 11.7. The first-order valence-electron chi connectivity index (χ1n) is 4.64. The van der Waals surface area contributed by atoms with E-state index in [-0.39, 0.29) is 0 Å². The second-order valence-electron chi connectivity index (χ2n) is 3.33. The number of aliphatic carboxylic acids is 1. The van der Waals surface area contributed by atoms with E-state index in [1.54, 1.807) is 0 Å². The molecule has 19 heavy (non-hydrogen) atoms. The molecule has 0 atom stereocenters. The van der Waals surface area contributed by atoms with Gasteiger partial charge in [-0.1, -0.05) is 0 Å². The van der Waals surface area contributed by atoms with Crippen LogP contribution in [0.1, 0.15) is 17.6 Å². The molecule has 0 amide bonds. The summed E-state index contributed by atoms with van der Waals surface area (Å²) < 4.78 is 65.2. The number of rotatable bonds is 4. The predicted molar refractivity (Wildman–Crippen MR) is 51.6 cm³/mol. The first-order valence-corrected chi connectivity index (χ1v) is 4.64. The Kier molecular flexibility index (Phi) is 4.12. The lowest BCUT2D eigenvalue weighted by atomic mass is 10.1. The highest BCUT2D eigenvalue weighted by molar-refractivity contribution is 5.72. The monoisotopic (exact) mass is 286 g/mol. The van der Waals surface area contributed by atoms with Crippen molar-refractivity contribution in [2.24, 2.45) is 0 Å². The van der Waals surface area contributed by atoms with Gasteiger partial charge in [-0.3, -0.25) is 4.79 Å². The van der Waals surface area contributed by atoms with Crippen molar-refractivity contribution in [2.75, 3.05) is 5.73 Å². The first kappa shape index (κ1) is 14.9. The molecule has 1 aromatic heterocycles. The number of pyridine rings is 1. The Morgan fingerprint density at radius 3 is 2.47 bits per heavy atom. The molecule has 1 heterocycles. The molecule has 0 unspecified atom stereocenters. The van der Waals surface area contributed by atoms with Crippen molar-refractivity contribution >= 4 is 11.8 Å². The highest BCUT2D eigenvalue weighted by Crippen LogP contribution is 2.38. The predicted octanol–water partition coefficient (Wildman–Crippen LogP) is 2.13. The Bertz CT molecular complexity index is 489. The molecule has 3 N–H and O–H groups in total. The van der Waals surface area contributed by atoms with Gasteiger partial charge in [0.25, 0.3) is 6.43 Å². The highest BCUT2D eigenvalue weighted by Gasteiger charge is 2.36. The van der Waals surface area contributed by atoms with Crippen LogP contribution in [0.3, 0.4) is 0 Å². The Morgan fingerprint density at radius 2 is 2.05 bits per heavy atom. The van der Waals surface area contributed by atoms with Gasteiger partial charge in [-0.15, -0.1) is 13.2 Å². The maximum absolute atomic E-state index is 12.8. The summed E-state index contributed by atoms with van der Waals surface area (Å²) in [6.07, 6.45) is -8.90. The van der Waals surface area contributed by atoms with E-state index < -0.39 is 47.9 Å². The molecule has 0 saturated heterocycles. The third kappa shape index (κ3) is 3.93. The van der Waals surface area contributed by atoms with E-state index in [4.69, 9.17) is 10.8 Å². The number of anilines is 1. The van der Waals surface area contributed by atoms with E-state index in [0.29, 0.717) is 6.20 Å². The zero-order valence-electron chi connectivity index (χ0n) is 9.04. The summed E-state index contributed by atoms with van der Waals surface area (Å²) in [5.74, 6) is -3.78. The van der Waals surface area contributed by atoms with E-state index in [9.17, 15) is 26.7 Å². The standard InChI is InChI=1S/C9H7F5N2O3/c10-7(11)5-3(1-4(17)18)2-16-8(15)6(5)19-9(12,13)14/h2,7H,1H2,(H2,15,16)(H,17,18). The Balaban J connectivity index is 3.37. The molecule has 1 rings (SSSR count). The minimum absolute atomic E-state index is 0.601. The molecular weight excluding hydrogens is 279 g/mol. The van der Waals surface area contributed by atoms with E-state index in [1.165, 1.54) is 0 Å². The van der Waals surface area contributed by atoms with Crippen LogP contribution in [-0.2, 0) is 11.2 Å². The van der Waals surface area contributed by atoms with Gasteiger partial charge in [-0.05, 0) is 5.56 Å². The van der Waals surface area contributed by atoms with Crippen LogP contribution in [0.5, 0.6) is 5.75 Å². The molecule has 0 aliphatic carbocycles. The number of hydrogen-bond acceptors (Lipinski definition) is 4. The lowest BCUT2D eigenvalue weighted by Gasteiger charge is -2.16. The van der Waals surface area contributed by atoms with Crippen molar-refractivity contribution in [1.82, 2.24) is 4.98 Å². The van der Waals surface area contributed by atoms with Crippen LogP contribution in [-0.4, -0.2) is 22.4 Å².